The van der Waals surface area contributed by atoms with Crippen molar-refractivity contribution in [2.45, 2.75) is 20.4 Å². The molecular formula is C15H15N3. The molecule has 1 heterocycles. The lowest BCUT2D eigenvalue weighted by molar-refractivity contribution is 0.600. The van der Waals surface area contributed by atoms with E-state index in [0.29, 0.717) is 6.54 Å². The van der Waals surface area contributed by atoms with E-state index in [1.165, 1.54) is 16.7 Å². The van der Waals surface area contributed by atoms with Gasteiger partial charge < -0.3 is 0 Å². The number of fused-ring (bicyclic) bond motifs is 1. The zero-order chi connectivity index (χ0) is 12.5. The lowest BCUT2D eigenvalue weighted by Gasteiger charge is -1.98. The molecule has 0 aliphatic heterocycles. The summed E-state index contributed by atoms with van der Waals surface area (Å²) in [6.45, 7) is 4.92. The second-order valence-electron chi connectivity index (χ2n) is 4.64. The number of aryl methyl sites for hydroxylation is 2. The second kappa shape index (κ2) is 4.26. The molecule has 0 atom stereocenters. The Labute approximate surface area is 106 Å². The van der Waals surface area contributed by atoms with E-state index in [1.54, 1.807) is 4.80 Å². The Kier molecular flexibility index (Phi) is 2.59. The Morgan fingerprint density at radius 2 is 1.44 bits per heavy atom. The molecule has 0 aliphatic carbocycles. The van der Waals surface area contributed by atoms with Crippen LogP contribution in [0.4, 0.5) is 0 Å². The first-order valence-corrected chi connectivity index (χ1v) is 6.08. The molecule has 0 amide bonds. The SMILES string of the molecule is Cc1cc2nn(Cc3ccccc3)nc2cc1C. The highest BCUT2D eigenvalue weighted by molar-refractivity contribution is 5.75. The first-order chi connectivity index (χ1) is 8.72. The predicted octanol–water partition coefficient (Wildman–Crippen LogP) is 3.10. The molecule has 0 unspecified atom stereocenters. The van der Waals surface area contributed by atoms with Gasteiger partial charge in [-0.2, -0.15) is 15.0 Å². The molecular weight excluding hydrogens is 222 g/mol. The normalized spacial score (nSPS) is 11.0. The topological polar surface area (TPSA) is 30.7 Å². The summed E-state index contributed by atoms with van der Waals surface area (Å²) in [5.41, 5.74) is 5.66. The average Bonchev–Trinajstić information content (AvgIpc) is 2.72. The monoisotopic (exact) mass is 237 g/mol. The van der Waals surface area contributed by atoms with Gasteiger partial charge in [-0.3, -0.25) is 0 Å². The minimum absolute atomic E-state index is 0.716. The average molecular weight is 237 g/mol. The van der Waals surface area contributed by atoms with Crippen LogP contribution in [-0.4, -0.2) is 15.0 Å². The molecule has 0 bridgehead atoms. The number of benzene rings is 2. The van der Waals surface area contributed by atoms with Crippen molar-refractivity contribution in [1.82, 2.24) is 15.0 Å². The third-order valence-corrected chi connectivity index (χ3v) is 3.20. The molecule has 3 rings (SSSR count). The predicted molar refractivity (Wildman–Crippen MR) is 72.5 cm³/mol. The van der Waals surface area contributed by atoms with E-state index in [2.05, 4.69) is 48.3 Å². The maximum atomic E-state index is 4.52. The maximum Gasteiger partial charge on any atom is 0.113 e. The summed E-state index contributed by atoms with van der Waals surface area (Å²) in [5.74, 6) is 0. The zero-order valence-corrected chi connectivity index (χ0v) is 10.6. The molecule has 3 aromatic rings. The van der Waals surface area contributed by atoms with E-state index in [0.717, 1.165) is 11.0 Å². The van der Waals surface area contributed by atoms with Crippen molar-refractivity contribution >= 4 is 11.0 Å². The van der Waals surface area contributed by atoms with Crippen LogP contribution in [0, 0.1) is 13.8 Å². The fraction of sp³-hybridized carbons (Fsp3) is 0.200. The summed E-state index contributed by atoms with van der Waals surface area (Å²) in [6.07, 6.45) is 0. The fourth-order valence-corrected chi connectivity index (χ4v) is 2.03. The molecule has 3 nitrogen and oxygen atoms in total. The van der Waals surface area contributed by atoms with Gasteiger partial charge in [0.15, 0.2) is 0 Å². The molecule has 18 heavy (non-hydrogen) atoms. The summed E-state index contributed by atoms with van der Waals surface area (Å²) >= 11 is 0. The van der Waals surface area contributed by atoms with E-state index in [1.807, 2.05) is 18.2 Å². The van der Waals surface area contributed by atoms with Crippen molar-refractivity contribution in [2.24, 2.45) is 0 Å². The van der Waals surface area contributed by atoms with Gasteiger partial charge in [-0.15, -0.1) is 0 Å². The van der Waals surface area contributed by atoms with Gasteiger partial charge in [0, 0.05) is 0 Å². The van der Waals surface area contributed by atoms with E-state index < -0.39 is 0 Å². The number of rotatable bonds is 2. The van der Waals surface area contributed by atoms with Crippen LogP contribution < -0.4 is 0 Å². The van der Waals surface area contributed by atoms with Crippen molar-refractivity contribution in [1.29, 1.82) is 0 Å². The molecule has 0 fully saturated rings. The van der Waals surface area contributed by atoms with Gasteiger partial charge >= 0.3 is 0 Å². The molecule has 0 saturated carbocycles. The van der Waals surface area contributed by atoms with E-state index in [9.17, 15) is 0 Å². The number of hydrogen-bond acceptors (Lipinski definition) is 2. The van der Waals surface area contributed by atoms with Gasteiger partial charge in [0.25, 0.3) is 0 Å². The summed E-state index contributed by atoms with van der Waals surface area (Å²) < 4.78 is 0. The summed E-state index contributed by atoms with van der Waals surface area (Å²) in [6, 6.07) is 14.5. The Morgan fingerprint density at radius 3 is 2.00 bits per heavy atom. The van der Waals surface area contributed by atoms with Gasteiger partial charge in [0.05, 0.1) is 6.54 Å². The highest BCUT2D eigenvalue weighted by Gasteiger charge is 2.05. The highest BCUT2D eigenvalue weighted by Crippen LogP contribution is 2.16. The molecule has 0 spiro atoms. The van der Waals surface area contributed by atoms with Gasteiger partial charge in [-0.25, -0.2) is 0 Å². The Hall–Kier alpha value is -2.16. The van der Waals surface area contributed by atoms with Crippen LogP contribution in [-0.2, 0) is 6.54 Å². The Morgan fingerprint density at radius 1 is 0.889 bits per heavy atom. The minimum atomic E-state index is 0.716. The number of hydrogen-bond donors (Lipinski definition) is 0. The first kappa shape index (κ1) is 11.0. The maximum absolute atomic E-state index is 4.52. The van der Waals surface area contributed by atoms with Crippen molar-refractivity contribution < 1.29 is 0 Å². The lowest BCUT2D eigenvalue weighted by atomic mass is 10.1. The van der Waals surface area contributed by atoms with Crippen LogP contribution in [0.5, 0.6) is 0 Å². The second-order valence-corrected chi connectivity index (χ2v) is 4.64. The van der Waals surface area contributed by atoms with Gasteiger partial charge in [0.2, 0.25) is 0 Å². The molecule has 0 radical (unpaired) electrons. The van der Waals surface area contributed by atoms with Crippen LogP contribution >= 0.6 is 0 Å². The standard InChI is InChI=1S/C15H15N3/c1-11-8-14-15(9-12(11)2)17-18(16-14)10-13-6-4-3-5-7-13/h3-9H,10H2,1-2H3. The van der Waals surface area contributed by atoms with Crippen LogP contribution in [0.3, 0.4) is 0 Å². The van der Waals surface area contributed by atoms with Gasteiger partial charge in [0.1, 0.15) is 11.0 Å². The molecule has 90 valence electrons. The third kappa shape index (κ3) is 1.99. The van der Waals surface area contributed by atoms with Crippen LogP contribution in [0.15, 0.2) is 42.5 Å². The molecule has 1 aromatic heterocycles. The largest absolute Gasteiger partial charge is 0.179 e. The Balaban J connectivity index is 1.99. The third-order valence-electron chi connectivity index (χ3n) is 3.20. The van der Waals surface area contributed by atoms with Crippen molar-refractivity contribution in [3.8, 4) is 0 Å². The quantitative estimate of drug-likeness (QED) is 0.685. The van der Waals surface area contributed by atoms with Crippen LogP contribution in [0.25, 0.3) is 11.0 Å². The van der Waals surface area contributed by atoms with E-state index in [4.69, 9.17) is 0 Å². The number of nitrogens with zero attached hydrogens (tertiary/aromatic N) is 3. The minimum Gasteiger partial charge on any atom is -0.179 e. The smallest absolute Gasteiger partial charge is 0.113 e. The van der Waals surface area contributed by atoms with Crippen molar-refractivity contribution in [3.05, 3.63) is 59.2 Å². The highest BCUT2D eigenvalue weighted by atomic mass is 15.5. The van der Waals surface area contributed by atoms with Crippen molar-refractivity contribution in [3.63, 3.8) is 0 Å². The molecule has 0 N–H and O–H groups in total. The Bertz CT molecular complexity index is 645. The van der Waals surface area contributed by atoms with Crippen LogP contribution in [0.2, 0.25) is 0 Å². The molecule has 2 aromatic carbocycles. The van der Waals surface area contributed by atoms with Crippen molar-refractivity contribution in [2.75, 3.05) is 0 Å². The summed E-state index contributed by atoms with van der Waals surface area (Å²) in [7, 11) is 0. The number of aromatic nitrogens is 3. The lowest BCUT2D eigenvalue weighted by Crippen LogP contribution is -2.03. The molecule has 0 saturated heterocycles. The van der Waals surface area contributed by atoms with Crippen LogP contribution in [0.1, 0.15) is 16.7 Å². The summed E-state index contributed by atoms with van der Waals surface area (Å²) in [4.78, 5) is 1.76. The molecule has 0 aliphatic rings. The van der Waals surface area contributed by atoms with Gasteiger partial charge in [-0.1, -0.05) is 30.3 Å². The molecule has 3 heteroatoms. The van der Waals surface area contributed by atoms with Gasteiger partial charge in [-0.05, 0) is 42.7 Å². The first-order valence-electron chi connectivity index (χ1n) is 6.08. The summed E-state index contributed by atoms with van der Waals surface area (Å²) in [5, 5.41) is 9.03. The van der Waals surface area contributed by atoms with E-state index >= 15 is 0 Å². The van der Waals surface area contributed by atoms with E-state index in [-0.39, 0.29) is 0 Å². The fourth-order valence-electron chi connectivity index (χ4n) is 2.03. The zero-order valence-electron chi connectivity index (χ0n) is 10.6.